The van der Waals surface area contributed by atoms with Crippen LogP contribution in [0.2, 0.25) is 0 Å². The number of nitriles is 2. The summed E-state index contributed by atoms with van der Waals surface area (Å²) in [6.45, 7) is 9.66. The first-order valence-electron chi connectivity index (χ1n) is 15.9. The average molecular weight is 653 g/mol. The Kier molecular flexibility index (Phi) is 11.7. The Bertz CT molecular complexity index is 1930. The van der Waals surface area contributed by atoms with E-state index in [0.717, 1.165) is 60.0 Å². The largest absolute Gasteiger partial charge is 0.368 e. The van der Waals surface area contributed by atoms with Crippen molar-refractivity contribution in [2.45, 2.75) is 66.2 Å². The molecule has 0 radical (unpaired) electrons. The number of hydrogen-bond donors (Lipinski definition) is 3. The van der Waals surface area contributed by atoms with Gasteiger partial charge in [0, 0.05) is 32.9 Å². The Morgan fingerprint density at radius 2 is 1.65 bits per heavy atom. The zero-order chi connectivity index (χ0) is 34.8. The lowest BCUT2D eigenvalue weighted by atomic mass is 10.1. The Morgan fingerprint density at radius 3 is 2.29 bits per heavy atom. The summed E-state index contributed by atoms with van der Waals surface area (Å²) in [5, 5.41) is 36.3. The number of H-pyrrole nitrogens is 2. The lowest BCUT2D eigenvalue weighted by Gasteiger charge is -2.26. The molecule has 0 saturated heterocycles. The second-order valence-electron chi connectivity index (χ2n) is 11.3. The molecule has 48 heavy (non-hydrogen) atoms. The van der Waals surface area contributed by atoms with E-state index in [1.54, 1.807) is 0 Å². The van der Waals surface area contributed by atoms with E-state index in [4.69, 9.17) is 9.97 Å². The van der Waals surface area contributed by atoms with E-state index in [1.165, 1.54) is 0 Å². The van der Waals surface area contributed by atoms with Gasteiger partial charge in [-0.05, 0) is 37.8 Å². The summed E-state index contributed by atoms with van der Waals surface area (Å²) in [6.07, 6.45) is 5.96. The fourth-order valence-electron chi connectivity index (χ4n) is 5.20. The molecule has 0 fully saturated rings. The molecule has 3 heterocycles. The summed E-state index contributed by atoms with van der Waals surface area (Å²) in [5.74, 6) is 0.837. The third kappa shape index (κ3) is 7.90. The third-order valence-electron chi connectivity index (χ3n) is 7.64. The van der Waals surface area contributed by atoms with Crippen LogP contribution >= 0.6 is 0 Å². The molecular weight excluding hydrogens is 612 g/mol. The minimum atomic E-state index is -0.951. The second kappa shape index (κ2) is 16.1. The number of benzene rings is 1. The van der Waals surface area contributed by atoms with E-state index in [9.17, 15) is 20.1 Å². The fraction of sp³-hybridized carbons (Fsp3) is 0.438. The van der Waals surface area contributed by atoms with Crippen LogP contribution in [-0.2, 0) is 0 Å². The molecule has 0 aliphatic carbocycles. The smallest absolute Gasteiger partial charge is 0.352 e. The van der Waals surface area contributed by atoms with E-state index >= 15 is 0 Å². The Labute approximate surface area is 278 Å². The summed E-state index contributed by atoms with van der Waals surface area (Å²) in [4.78, 5) is 45.6. The molecule has 1 aromatic carbocycles. The van der Waals surface area contributed by atoms with E-state index < -0.39 is 11.4 Å². The van der Waals surface area contributed by atoms with Gasteiger partial charge in [-0.2, -0.15) is 30.2 Å². The molecule has 0 spiro atoms. The molecule has 0 unspecified atom stereocenters. The number of rotatable bonds is 15. The molecule has 250 valence electrons. The summed E-state index contributed by atoms with van der Waals surface area (Å²) in [7, 11) is 3.86. The molecule has 4 rings (SSSR count). The van der Waals surface area contributed by atoms with Crippen molar-refractivity contribution in [2.75, 3.05) is 42.3 Å². The predicted octanol–water partition coefficient (Wildman–Crippen LogP) is 5.21. The highest BCUT2D eigenvalue weighted by atomic mass is 16.2. The van der Waals surface area contributed by atoms with Gasteiger partial charge in [-0.3, -0.25) is 9.97 Å². The molecule has 16 heteroatoms. The minimum absolute atomic E-state index is 0.216. The van der Waals surface area contributed by atoms with Crippen molar-refractivity contribution < 1.29 is 0 Å². The Balaban J connectivity index is 1.91. The van der Waals surface area contributed by atoms with Gasteiger partial charge in [-0.1, -0.05) is 57.7 Å². The van der Waals surface area contributed by atoms with Crippen molar-refractivity contribution in [3.8, 4) is 18.1 Å². The van der Waals surface area contributed by atoms with Crippen LogP contribution in [-0.4, -0.2) is 61.9 Å². The number of unbranched alkanes of at least 4 members (excludes halogenated alkanes) is 4. The summed E-state index contributed by atoms with van der Waals surface area (Å²) >= 11 is 0. The van der Waals surface area contributed by atoms with Crippen LogP contribution in [0.4, 0.5) is 34.8 Å². The van der Waals surface area contributed by atoms with E-state index in [0.29, 0.717) is 36.4 Å². The van der Waals surface area contributed by atoms with Crippen molar-refractivity contribution >= 4 is 34.8 Å². The first-order valence-corrected chi connectivity index (χ1v) is 15.9. The SMILES string of the molecule is CCCCCNc1nc(N(C)c2c(C)cccc2C)nc(N(C)CCCCC)c1N=Nc1nn(-c2nc(=O)[nH]c(=O)[nH]2)c(C#N)c1C#N. The molecule has 0 aliphatic rings. The summed E-state index contributed by atoms with van der Waals surface area (Å²) in [5.41, 5.74) is 1.15. The van der Waals surface area contributed by atoms with Crippen molar-refractivity contribution in [1.82, 2.24) is 34.7 Å². The van der Waals surface area contributed by atoms with Gasteiger partial charge in [0.25, 0.3) is 0 Å². The molecule has 3 N–H and O–H groups in total. The van der Waals surface area contributed by atoms with Crippen LogP contribution in [0.25, 0.3) is 5.95 Å². The fourth-order valence-corrected chi connectivity index (χ4v) is 5.20. The maximum absolute atomic E-state index is 11.9. The number of nitrogens with one attached hydrogen (secondary N) is 3. The zero-order valence-electron chi connectivity index (χ0n) is 28.1. The molecule has 16 nitrogen and oxygen atoms in total. The number of nitrogens with zero attached hydrogens (tertiary/aromatic N) is 11. The lowest BCUT2D eigenvalue weighted by Crippen LogP contribution is -2.28. The zero-order valence-corrected chi connectivity index (χ0v) is 28.1. The van der Waals surface area contributed by atoms with Gasteiger partial charge in [-0.15, -0.1) is 15.3 Å². The summed E-state index contributed by atoms with van der Waals surface area (Å²) in [6, 6.07) is 9.90. The first-order chi connectivity index (χ1) is 23.1. The van der Waals surface area contributed by atoms with Gasteiger partial charge in [0.1, 0.15) is 17.7 Å². The summed E-state index contributed by atoms with van der Waals surface area (Å²) < 4.78 is 0.879. The van der Waals surface area contributed by atoms with Gasteiger partial charge in [0.2, 0.25) is 17.7 Å². The number of anilines is 4. The number of hydrogen-bond acceptors (Lipinski definition) is 13. The highest BCUT2D eigenvalue weighted by molar-refractivity contribution is 5.78. The number of azo groups is 1. The van der Waals surface area contributed by atoms with Gasteiger partial charge < -0.3 is 15.1 Å². The van der Waals surface area contributed by atoms with E-state index in [2.05, 4.69) is 44.5 Å². The van der Waals surface area contributed by atoms with E-state index in [1.807, 2.05) is 73.1 Å². The molecule has 0 bridgehead atoms. The average Bonchev–Trinajstić information content (AvgIpc) is 3.42. The van der Waals surface area contributed by atoms with Crippen molar-refractivity contribution in [2.24, 2.45) is 10.2 Å². The first kappa shape index (κ1) is 35.0. The second-order valence-corrected chi connectivity index (χ2v) is 11.3. The molecule has 0 amide bonds. The maximum atomic E-state index is 11.9. The third-order valence-corrected chi connectivity index (χ3v) is 7.64. The molecule has 0 atom stereocenters. The van der Waals surface area contributed by atoms with Crippen LogP contribution < -0.4 is 26.5 Å². The van der Waals surface area contributed by atoms with Crippen LogP contribution in [0.3, 0.4) is 0 Å². The number of aryl methyl sites for hydroxylation is 2. The number of para-hydroxylation sites is 1. The maximum Gasteiger partial charge on any atom is 0.352 e. The normalized spacial score (nSPS) is 11.0. The van der Waals surface area contributed by atoms with Crippen LogP contribution in [0, 0.1) is 36.5 Å². The van der Waals surface area contributed by atoms with Crippen molar-refractivity contribution in [3.05, 3.63) is 61.6 Å². The number of aromatic nitrogens is 7. The predicted molar refractivity (Wildman–Crippen MR) is 183 cm³/mol. The highest BCUT2D eigenvalue weighted by Crippen LogP contribution is 2.39. The lowest BCUT2D eigenvalue weighted by molar-refractivity contribution is 0.700. The standard InChI is InChI=1S/C32H40N14O2/c1-7-9-11-16-35-27-24(41-42-26-22(18-33)23(19-34)46(43-26)30-38-31(47)40-32(48)39-30)28(44(5)17-12-10-8-2)37-29(36-27)45(6)25-20(3)14-13-15-21(25)4/h13-15H,7-12,16-17H2,1-6H3,(H,35,36,37)(H2,38,39,40,47,48). The van der Waals surface area contributed by atoms with E-state index in [-0.39, 0.29) is 23.0 Å². The van der Waals surface area contributed by atoms with Gasteiger partial charge >= 0.3 is 11.4 Å². The molecule has 3 aromatic heterocycles. The molecular formula is C32H40N14O2. The Hall–Kier alpha value is -5.90. The van der Waals surface area contributed by atoms with Gasteiger partial charge in [-0.25, -0.2) is 9.59 Å². The Morgan fingerprint density at radius 1 is 0.938 bits per heavy atom. The van der Waals surface area contributed by atoms with Gasteiger partial charge in [0.15, 0.2) is 23.0 Å². The molecule has 4 aromatic rings. The van der Waals surface area contributed by atoms with Crippen LogP contribution in [0.15, 0.2) is 38.0 Å². The van der Waals surface area contributed by atoms with Crippen molar-refractivity contribution in [3.63, 3.8) is 0 Å². The highest BCUT2D eigenvalue weighted by Gasteiger charge is 2.24. The van der Waals surface area contributed by atoms with Crippen molar-refractivity contribution in [1.29, 1.82) is 10.5 Å². The number of aromatic amines is 2. The topological polar surface area (TPSA) is 213 Å². The quantitative estimate of drug-likeness (QED) is 0.112. The van der Waals surface area contributed by atoms with Crippen LogP contribution in [0.1, 0.15) is 74.8 Å². The van der Waals surface area contributed by atoms with Crippen LogP contribution in [0.5, 0.6) is 0 Å². The minimum Gasteiger partial charge on any atom is -0.368 e. The van der Waals surface area contributed by atoms with Gasteiger partial charge in [0.05, 0.1) is 0 Å². The molecule has 0 aliphatic heterocycles. The monoisotopic (exact) mass is 652 g/mol. The molecule has 0 saturated carbocycles.